The number of ether oxygens (including phenoxy) is 2. The van der Waals surface area contributed by atoms with E-state index < -0.39 is 0 Å². The summed E-state index contributed by atoms with van der Waals surface area (Å²) in [6.45, 7) is 1.45. The molecule has 1 saturated heterocycles. The third kappa shape index (κ3) is 2.46. The minimum atomic E-state index is -0.308. The van der Waals surface area contributed by atoms with E-state index in [2.05, 4.69) is 26.2 Å². The summed E-state index contributed by atoms with van der Waals surface area (Å²) in [5.74, 6) is -0.308. The Labute approximate surface area is 109 Å². The molecule has 17 heavy (non-hydrogen) atoms. The van der Waals surface area contributed by atoms with Gasteiger partial charge in [-0.25, -0.2) is 0 Å². The van der Waals surface area contributed by atoms with Crippen molar-refractivity contribution < 1.29 is 9.47 Å². The molecule has 1 aliphatic carbocycles. The molecule has 1 unspecified atom stereocenters. The maximum atomic E-state index is 5.71. The van der Waals surface area contributed by atoms with E-state index in [0.29, 0.717) is 6.04 Å². The van der Waals surface area contributed by atoms with Gasteiger partial charge >= 0.3 is 0 Å². The molecule has 1 N–H and O–H groups in total. The second-order valence-electron chi connectivity index (χ2n) is 4.58. The fourth-order valence-corrected chi connectivity index (χ4v) is 2.95. The third-order valence-electron chi connectivity index (χ3n) is 3.32. The standard InChI is InChI=1S/C12H15BrN2O2/c13-9-5-11(8-14-7-9)15-10-1-2-12(6-10)16-3-4-17-12/h5,7-8,10,15H,1-4,6H2. The Morgan fingerprint density at radius 1 is 1.35 bits per heavy atom. The van der Waals surface area contributed by atoms with Crippen LogP contribution >= 0.6 is 15.9 Å². The predicted octanol–water partition coefficient (Wildman–Crippen LogP) is 2.55. The van der Waals surface area contributed by atoms with Crippen molar-refractivity contribution in [2.75, 3.05) is 18.5 Å². The van der Waals surface area contributed by atoms with E-state index >= 15 is 0 Å². The van der Waals surface area contributed by atoms with E-state index in [1.807, 2.05) is 12.3 Å². The lowest BCUT2D eigenvalue weighted by atomic mass is 10.2. The minimum Gasteiger partial charge on any atom is -0.381 e. The Morgan fingerprint density at radius 3 is 2.94 bits per heavy atom. The Morgan fingerprint density at radius 2 is 2.18 bits per heavy atom. The first-order valence-electron chi connectivity index (χ1n) is 5.91. The number of nitrogens with zero attached hydrogens (tertiary/aromatic N) is 1. The van der Waals surface area contributed by atoms with Crippen LogP contribution in [0.1, 0.15) is 19.3 Å². The molecular weight excluding hydrogens is 284 g/mol. The zero-order chi connectivity index (χ0) is 11.7. The van der Waals surface area contributed by atoms with E-state index in [0.717, 1.165) is 42.6 Å². The summed E-state index contributed by atoms with van der Waals surface area (Å²) in [6.07, 6.45) is 6.59. The monoisotopic (exact) mass is 298 g/mol. The molecule has 4 nitrogen and oxygen atoms in total. The highest BCUT2D eigenvalue weighted by Crippen LogP contribution is 2.38. The van der Waals surface area contributed by atoms with E-state index in [-0.39, 0.29) is 5.79 Å². The number of pyridine rings is 1. The summed E-state index contributed by atoms with van der Waals surface area (Å²) < 4.78 is 12.4. The number of hydrogen-bond donors (Lipinski definition) is 1. The van der Waals surface area contributed by atoms with Crippen LogP contribution in [0.5, 0.6) is 0 Å². The van der Waals surface area contributed by atoms with Crippen LogP contribution < -0.4 is 5.32 Å². The Kier molecular flexibility index (Phi) is 3.06. The van der Waals surface area contributed by atoms with Crippen LogP contribution in [0.25, 0.3) is 0 Å². The Balaban J connectivity index is 1.64. The van der Waals surface area contributed by atoms with Gasteiger partial charge in [-0.15, -0.1) is 0 Å². The van der Waals surface area contributed by atoms with Gasteiger partial charge in [-0.1, -0.05) is 0 Å². The number of hydrogen-bond acceptors (Lipinski definition) is 4. The number of aromatic nitrogens is 1. The van der Waals surface area contributed by atoms with Gasteiger partial charge in [0.05, 0.1) is 25.1 Å². The Hall–Kier alpha value is -0.650. The van der Waals surface area contributed by atoms with E-state index in [4.69, 9.17) is 9.47 Å². The van der Waals surface area contributed by atoms with Gasteiger partial charge in [0.2, 0.25) is 0 Å². The molecule has 5 heteroatoms. The SMILES string of the molecule is Brc1cncc(NC2CCC3(C2)OCCO3)c1. The maximum Gasteiger partial charge on any atom is 0.170 e. The van der Waals surface area contributed by atoms with Gasteiger partial charge in [-0.2, -0.15) is 0 Å². The predicted molar refractivity (Wildman–Crippen MR) is 67.8 cm³/mol. The summed E-state index contributed by atoms with van der Waals surface area (Å²) in [4.78, 5) is 4.14. The van der Waals surface area contributed by atoms with Crippen LogP contribution in [0.2, 0.25) is 0 Å². The quantitative estimate of drug-likeness (QED) is 0.911. The van der Waals surface area contributed by atoms with Gasteiger partial charge in [0.25, 0.3) is 0 Å². The molecule has 0 radical (unpaired) electrons. The van der Waals surface area contributed by atoms with E-state index in [1.54, 1.807) is 6.20 Å². The van der Waals surface area contributed by atoms with Crippen molar-refractivity contribution in [3.63, 3.8) is 0 Å². The lowest BCUT2D eigenvalue weighted by molar-refractivity contribution is -0.150. The van der Waals surface area contributed by atoms with Crippen molar-refractivity contribution >= 4 is 21.6 Å². The van der Waals surface area contributed by atoms with Gasteiger partial charge in [0.1, 0.15) is 0 Å². The van der Waals surface area contributed by atoms with Crippen LogP contribution in [0.3, 0.4) is 0 Å². The van der Waals surface area contributed by atoms with E-state index in [1.165, 1.54) is 0 Å². The molecule has 3 rings (SSSR count). The van der Waals surface area contributed by atoms with Crippen LogP contribution in [0.15, 0.2) is 22.9 Å². The summed E-state index contributed by atoms with van der Waals surface area (Å²) >= 11 is 3.42. The van der Waals surface area contributed by atoms with Crippen molar-refractivity contribution in [2.24, 2.45) is 0 Å². The summed E-state index contributed by atoms with van der Waals surface area (Å²) in [7, 11) is 0. The Bertz CT molecular complexity index is 407. The average molecular weight is 299 g/mol. The molecule has 1 atom stereocenters. The molecule has 1 aromatic heterocycles. The van der Waals surface area contributed by atoms with Crippen molar-refractivity contribution in [1.29, 1.82) is 0 Å². The lowest BCUT2D eigenvalue weighted by Gasteiger charge is -2.22. The minimum absolute atomic E-state index is 0.308. The molecule has 1 saturated carbocycles. The summed E-state index contributed by atoms with van der Waals surface area (Å²) in [6, 6.07) is 2.44. The van der Waals surface area contributed by atoms with Crippen LogP contribution in [0.4, 0.5) is 5.69 Å². The molecule has 0 aromatic carbocycles. The molecule has 1 aliphatic heterocycles. The molecule has 1 aromatic rings. The molecule has 92 valence electrons. The van der Waals surface area contributed by atoms with E-state index in [9.17, 15) is 0 Å². The zero-order valence-electron chi connectivity index (χ0n) is 9.49. The number of halogens is 1. The first-order valence-corrected chi connectivity index (χ1v) is 6.70. The first kappa shape index (κ1) is 11.4. The van der Waals surface area contributed by atoms with Crippen molar-refractivity contribution in [3.8, 4) is 0 Å². The first-order chi connectivity index (χ1) is 8.26. The number of nitrogens with one attached hydrogen (secondary N) is 1. The van der Waals surface area contributed by atoms with Crippen LogP contribution in [-0.4, -0.2) is 30.0 Å². The molecule has 1 spiro atoms. The van der Waals surface area contributed by atoms with Crippen molar-refractivity contribution in [2.45, 2.75) is 31.1 Å². The smallest absolute Gasteiger partial charge is 0.170 e. The lowest BCUT2D eigenvalue weighted by Crippen LogP contribution is -2.28. The number of anilines is 1. The molecule has 0 amide bonds. The highest BCUT2D eigenvalue weighted by Gasteiger charge is 2.43. The van der Waals surface area contributed by atoms with Gasteiger partial charge in [0, 0.05) is 29.6 Å². The van der Waals surface area contributed by atoms with Crippen molar-refractivity contribution in [1.82, 2.24) is 4.98 Å². The summed E-state index contributed by atoms with van der Waals surface area (Å²) in [5, 5.41) is 3.48. The van der Waals surface area contributed by atoms with Gasteiger partial charge in [-0.05, 0) is 28.4 Å². The van der Waals surface area contributed by atoms with Crippen molar-refractivity contribution in [3.05, 3.63) is 22.9 Å². The molecule has 2 heterocycles. The largest absolute Gasteiger partial charge is 0.381 e. The molecule has 0 bridgehead atoms. The fraction of sp³-hybridized carbons (Fsp3) is 0.583. The zero-order valence-corrected chi connectivity index (χ0v) is 11.1. The second-order valence-corrected chi connectivity index (χ2v) is 5.50. The highest BCUT2D eigenvalue weighted by molar-refractivity contribution is 9.10. The highest BCUT2D eigenvalue weighted by atomic mass is 79.9. The summed E-state index contributed by atoms with van der Waals surface area (Å²) in [5.41, 5.74) is 1.04. The fourth-order valence-electron chi connectivity index (χ4n) is 2.58. The maximum absolute atomic E-state index is 5.71. The number of rotatable bonds is 2. The molecule has 2 fully saturated rings. The topological polar surface area (TPSA) is 43.4 Å². The van der Waals surface area contributed by atoms with Crippen LogP contribution in [-0.2, 0) is 9.47 Å². The normalized spacial score (nSPS) is 26.5. The molecule has 2 aliphatic rings. The average Bonchev–Trinajstić information content (AvgIpc) is 2.90. The van der Waals surface area contributed by atoms with Crippen LogP contribution in [0, 0.1) is 0 Å². The second kappa shape index (κ2) is 4.55. The molecular formula is C12H15BrN2O2. The van der Waals surface area contributed by atoms with Gasteiger partial charge in [0.15, 0.2) is 5.79 Å². The van der Waals surface area contributed by atoms with Gasteiger partial charge < -0.3 is 14.8 Å². The van der Waals surface area contributed by atoms with Gasteiger partial charge in [-0.3, -0.25) is 4.98 Å². The third-order valence-corrected chi connectivity index (χ3v) is 3.75.